The first kappa shape index (κ1) is 84.1. The molecule has 5 fully saturated rings. The van der Waals surface area contributed by atoms with E-state index in [1.54, 1.807) is 12.1 Å². The van der Waals surface area contributed by atoms with Gasteiger partial charge in [-0.15, -0.1) is 0 Å². The first-order valence-electron chi connectivity index (χ1n) is 33.6. The molecule has 0 radical (unpaired) electrons. The van der Waals surface area contributed by atoms with E-state index in [0.29, 0.717) is 18.8 Å². The zero-order chi connectivity index (χ0) is 73.7. The number of carbonyl (C=O) groups excluding carboxylic acids is 5. The molecule has 0 bridgehead atoms. The summed E-state index contributed by atoms with van der Waals surface area (Å²) in [5.74, 6) is -3.55. The Labute approximate surface area is 578 Å². The molecule has 100 heavy (non-hydrogen) atoms. The Bertz CT molecular complexity index is 2700. The van der Waals surface area contributed by atoms with Crippen LogP contribution in [0.4, 0.5) is 0 Å². The molecule has 1 aromatic carbocycles. The molecule has 5 aliphatic rings. The van der Waals surface area contributed by atoms with E-state index >= 15 is 0 Å². The van der Waals surface area contributed by atoms with E-state index < -0.39 is 247 Å². The van der Waals surface area contributed by atoms with E-state index in [1.807, 2.05) is 0 Å². The van der Waals surface area contributed by atoms with E-state index in [2.05, 4.69) is 45.7 Å². The zero-order valence-electron chi connectivity index (χ0n) is 57.3. The Morgan fingerprint density at radius 2 is 1.12 bits per heavy atom. The van der Waals surface area contributed by atoms with Crippen LogP contribution in [0.5, 0.6) is 5.75 Å². The summed E-state index contributed by atoms with van der Waals surface area (Å²) in [4.78, 5) is 64.8. The second-order valence-corrected chi connectivity index (χ2v) is 25.3. The lowest BCUT2D eigenvalue weighted by atomic mass is 9.94. The van der Waals surface area contributed by atoms with Gasteiger partial charge in [0.2, 0.25) is 23.6 Å². The van der Waals surface area contributed by atoms with Crippen LogP contribution in [0.25, 0.3) is 0 Å². The van der Waals surface area contributed by atoms with Crippen molar-refractivity contribution in [3.05, 3.63) is 42.0 Å². The normalized spacial score (nSPS) is 36.0. The number of carbonyl (C=O) groups is 5. The van der Waals surface area contributed by atoms with Crippen LogP contribution in [0, 0.1) is 0 Å². The van der Waals surface area contributed by atoms with Gasteiger partial charge in [-0.3, -0.25) is 24.0 Å². The molecule has 6 rings (SSSR count). The molecular weight excluding hydrogens is 1330 g/mol. The Kier molecular flexibility index (Phi) is 34.4. The molecule has 1 aromatic rings. The summed E-state index contributed by atoms with van der Waals surface area (Å²) in [7, 11) is 1.21. The van der Waals surface area contributed by atoms with Crippen molar-refractivity contribution in [2.24, 2.45) is 0 Å². The largest absolute Gasteiger partial charge is 0.494 e. The fraction of sp³-hybridized carbons (Fsp3) is 0.797. The molecule has 29 atom stereocenters. The summed E-state index contributed by atoms with van der Waals surface area (Å²) >= 11 is 0. The number of nitrogens with one attached hydrogen (secondary N) is 5. The first-order chi connectivity index (χ1) is 47.6. The van der Waals surface area contributed by atoms with Gasteiger partial charge >= 0.3 is 0 Å². The predicted octanol–water partition coefficient (Wildman–Crippen LogP) is -6.08. The third-order valence-corrected chi connectivity index (χ3v) is 17.6. The van der Waals surface area contributed by atoms with Gasteiger partial charge < -0.3 is 155 Å². The van der Waals surface area contributed by atoms with Gasteiger partial charge in [0.25, 0.3) is 5.91 Å². The summed E-state index contributed by atoms with van der Waals surface area (Å²) in [5, 5.41) is 157. The van der Waals surface area contributed by atoms with E-state index in [-0.39, 0.29) is 5.56 Å². The molecule has 0 aromatic heterocycles. The summed E-state index contributed by atoms with van der Waals surface area (Å²) in [5.41, 5.74) is 0.0579. The number of aliphatic hydroxyl groups is 13. The zero-order valence-corrected chi connectivity index (χ0v) is 57.3. The predicted molar refractivity (Wildman–Crippen MR) is 340 cm³/mol. The van der Waals surface area contributed by atoms with Crippen molar-refractivity contribution in [1.29, 1.82) is 0 Å². The van der Waals surface area contributed by atoms with Gasteiger partial charge in [0.1, 0.15) is 134 Å². The van der Waals surface area contributed by atoms with E-state index in [1.165, 1.54) is 45.9 Å². The maximum atomic E-state index is 13.9. The Hall–Kier alpha value is -4.89. The Morgan fingerprint density at radius 3 is 1.71 bits per heavy atom. The van der Waals surface area contributed by atoms with Crippen LogP contribution in [0.3, 0.4) is 0 Å². The quantitative estimate of drug-likeness (QED) is 0.0167. The van der Waals surface area contributed by atoms with Crippen molar-refractivity contribution in [3.8, 4) is 5.75 Å². The number of allylic oxidation sites excluding steroid dienone is 2. The molecule has 5 saturated heterocycles. The standard InChI is InChI=1S/C64H105N5O31/c1-9-10-11-12-13-14-15-16-17-21-89-36-20-18-19-35(22-36)58(86)69-44-49(81)48(80)39(25-72)95-62(44)99-55-41(27-74)96-61(45(51(55)83)67-33(6)77)91-29(2)38(24-71)94-60(37(23-70)65-31(4)75)98-54-40(26-73)97-63(46(52(54)84)68-34(7)78)100-56-42(93-59(87)43(50(56)82)66-32(5)76)28-90-64-57(88-8)53(85)47(79)30(3)92-64/h14-15,18-20,22,29-30,37-57,59-64,70-74,79-85,87H,9-13,16-17,21,23-28H2,1-8H3,(H,65,75)(H,66,76)(H,67,77)(H,68,78)(H,69,86)/b15-14-/t29?,30?,37-,38?,39?,40-,41-,42?,43-,44-,45?,46?,47?,48+,49+,50+,51?,52?,53-,54+,55+,56?,57+,59?,60-,61+,62?,63?,64+/m0/s1. The van der Waals surface area contributed by atoms with Gasteiger partial charge in [0.05, 0.1) is 58.5 Å². The molecule has 572 valence electrons. The SMILES string of the molecule is CCCCCC/C=C\CCCOc1cccc(C(=O)N[C@@H]2C(O[C@H]3C(O)C(NC(C)=O)[C@H](OC(C)C(CO)O[C@@H](O[C@H]4C(O)C(NC(C)=O)C(OC5C(CO[C@@H]6OC(C)C(O)[C@H](O)[C@H]6OC)OC(O)[C@@H](NC(C)=O)[C@H]5O)O[C@H]4CO)[C@H](CO)NC(C)=O)O[C@H]3CO)OC(CO)[C@@H](O)[C@@H]2O)c1. The second kappa shape index (κ2) is 41.0. The molecule has 36 heteroatoms. The smallest absolute Gasteiger partial charge is 0.251 e. The Morgan fingerprint density at radius 1 is 0.560 bits per heavy atom. The molecule has 36 nitrogen and oxygen atoms in total. The average Bonchev–Trinajstić information content (AvgIpc) is 0.778. The van der Waals surface area contributed by atoms with Crippen molar-refractivity contribution in [2.45, 2.75) is 271 Å². The summed E-state index contributed by atoms with van der Waals surface area (Å²) in [6.45, 7) is 3.98. The maximum Gasteiger partial charge on any atom is 0.251 e. The molecule has 5 amide bonds. The highest BCUT2D eigenvalue weighted by Gasteiger charge is 2.56. The first-order valence-corrected chi connectivity index (χ1v) is 33.6. The van der Waals surface area contributed by atoms with Crippen molar-refractivity contribution in [2.75, 3.05) is 53.4 Å². The minimum atomic E-state index is -2.06. The average molecular weight is 1440 g/mol. The fourth-order valence-corrected chi connectivity index (χ4v) is 12.2. The van der Waals surface area contributed by atoms with Crippen LogP contribution >= 0.6 is 0 Å². The lowest BCUT2D eigenvalue weighted by molar-refractivity contribution is -0.354. The van der Waals surface area contributed by atoms with Crippen LogP contribution in [-0.4, -0.2) is 327 Å². The summed E-state index contributed by atoms with van der Waals surface area (Å²) in [6.07, 6.45) is -29.2. The van der Waals surface area contributed by atoms with E-state index in [0.717, 1.165) is 53.4 Å². The highest BCUT2D eigenvalue weighted by atomic mass is 16.8. The topological polar surface area (TPSA) is 528 Å². The lowest BCUT2D eigenvalue weighted by Crippen LogP contribution is -2.70. The van der Waals surface area contributed by atoms with Crippen LogP contribution in [0.2, 0.25) is 0 Å². The highest BCUT2D eigenvalue weighted by Crippen LogP contribution is 2.35. The monoisotopic (exact) mass is 1440 g/mol. The van der Waals surface area contributed by atoms with Crippen molar-refractivity contribution in [1.82, 2.24) is 26.6 Å². The van der Waals surface area contributed by atoms with Gasteiger partial charge in [-0.05, 0) is 57.7 Å². The Balaban J connectivity index is 1.20. The van der Waals surface area contributed by atoms with Gasteiger partial charge in [-0.25, -0.2) is 0 Å². The third-order valence-electron chi connectivity index (χ3n) is 17.6. The molecule has 0 saturated carbocycles. The number of hydrogen-bond acceptors (Lipinski definition) is 31. The molecule has 0 aliphatic carbocycles. The van der Waals surface area contributed by atoms with Crippen LogP contribution < -0.4 is 31.3 Å². The summed E-state index contributed by atoms with van der Waals surface area (Å²) < 4.78 is 78.1. The number of ether oxygens (including phenoxy) is 13. The molecule has 18 N–H and O–H groups in total. The van der Waals surface area contributed by atoms with Crippen LogP contribution in [0.1, 0.15) is 104 Å². The molecule has 14 unspecified atom stereocenters. The number of benzene rings is 1. The fourth-order valence-electron chi connectivity index (χ4n) is 12.2. The lowest BCUT2D eigenvalue weighted by Gasteiger charge is -2.49. The number of rotatable bonds is 37. The molecule has 0 spiro atoms. The number of methoxy groups -OCH3 is 1. The molecule has 5 heterocycles. The third kappa shape index (κ3) is 22.8. The molecule has 5 aliphatic heterocycles. The van der Waals surface area contributed by atoms with Crippen molar-refractivity contribution >= 4 is 29.5 Å². The second-order valence-electron chi connectivity index (χ2n) is 25.3. The van der Waals surface area contributed by atoms with Crippen LogP contribution in [0.15, 0.2) is 36.4 Å². The van der Waals surface area contributed by atoms with Gasteiger partial charge in [-0.1, -0.05) is 44.4 Å². The van der Waals surface area contributed by atoms with Gasteiger partial charge in [0, 0.05) is 40.4 Å². The van der Waals surface area contributed by atoms with Crippen molar-refractivity contribution in [3.63, 3.8) is 0 Å². The maximum absolute atomic E-state index is 13.9. The molecular formula is C64H105N5O31. The van der Waals surface area contributed by atoms with E-state index in [4.69, 9.17) is 61.6 Å². The number of hydrogen-bond donors (Lipinski definition) is 18. The highest BCUT2D eigenvalue weighted by molar-refractivity contribution is 5.94. The van der Waals surface area contributed by atoms with Crippen molar-refractivity contribution < 1.29 is 152 Å². The van der Waals surface area contributed by atoms with Gasteiger partial charge in [-0.2, -0.15) is 0 Å². The van der Waals surface area contributed by atoms with E-state index in [9.17, 15) is 90.4 Å². The number of unbranched alkanes of at least 4 members (excludes halogenated alkanes) is 5. The van der Waals surface area contributed by atoms with Gasteiger partial charge in [0.15, 0.2) is 37.7 Å². The number of aliphatic hydroxyl groups excluding tert-OH is 13. The minimum absolute atomic E-state index is 0.0579. The number of amides is 5. The van der Waals surface area contributed by atoms with Crippen LogP contribution in [-0.2, 0) is 76.0 Å². The minimum Gasteiger partial charge on any atom is -0.494 e. The summed E-state index contributed by atoms with van der Waals surface area (Å²) in [6, 6.07) is -2.16.